The Bertz CT molecular complexity index is 117. The number of rotatable bonds is 5. The first-order valence-electron chi connectivity index (χ1n) is 3.72. The number of carbonyl (C=O) groups is 1. The predicted octanol–water partition coefficient (Wildman–Crippen LogP) is -1.01. The summed E-state index contributed by atoms with van der Waals surface area (Å²) in [7, 11) is 4.04. The largest absolute Gasteiger partial charge is 0.460 e. The van der Waals surface area contributed by atoms with Crippen molar-refractivity contribution in [3.8, 4) is 0 Å². The number of ether oxygens (including phenoxy) is 1. The van der Waals surface area contributed by atoms with Crippen LogP contribution in [0.2, 0.25) is 0 Å². The summed E-state index contributed by atoms with van der Waals surface area (Å²) in [4.78, 5) is 12.0. The van der Waals surface area contributed by atoms with Crippen LogP contribution >= 0.6 is 12.6 Å². The van der Waals surface area contributed by atoms with Gasteiger partial charge < -0.3 is 9.64 Å². The molecule has 0 aliphatic heterocycles. The molecule has 3 nitrogen and oxygen atoms in total. The Morgan fingerprint density at radius 1 is 1.55 bits per heavy atom. The highest BCUT2D eigenvalue weighted by Gasteiger charge is 2.01. The number of carbonyl (C=O) groups excluding carboxylic acids is 1. The molecule has 4 heteroatoms. The Morgan fingerprint density at radius 2 is 2.18 bits per heavy atom. The van der Waals surface area contributed by atoms with Crippen molar-refractivity contribution in [2.24, 2.45) is 0 Å². The van der Waals surface area contributed by atoms with Crippen molar-refractivity contribution in [3.63, 3.8) is 0 Å². The predicted molar refractivity (Wildman–Crippen MR) is 47.1 cm³/mol. The minimum atomic E-state index is -0.152. The van der Waals surface area contributed by atoms with E-state index >= 15 is 0 Å². The van der Waals surface area contributed by atoms with Crippen LogP contribution in [0.15, 0.2) is 0 Å². The van der Waals surface area contributed by atoms with Crippen LogP contribution in [0.4, 0.5) is 0 Å². The first-order valence-corrected chi connectivity index (χ1v) is 4.35. The highest BCUT2D eigenvalue weighted by atomic mass is 32.1. The maximum absolute atomic E-state index is 10.7. The molecule has 0 atom stereocenters. The molecule has 0 bridgehead atoms. The summed E-state index contributed by atoms with van der Waals surface area (Å²) in [6.07, 6.45) is 0.409. The summed E-state index contributed by atoms with van der Waals surface area (Å²) in [6, 6.07) is 0. The molecule has 1 N–H and O–H groups in total. The molecule has 0 aliphatic carbocycles. The minimum Gasteiger partial charge on any atom is -0.460 e. The SMILES string of the molecule is C[NH+](C)CCOC(=O)CCS. The minimum absolute atomic E-state index is 0.152. The number of hydrogen-bond acceptors (Lipinski definition) is 3. The average Bonchev–Trinajstić information content (AvgIpc) is 1.87. The van der Waals surface area contributed by atoms with Gasteiger partial charge in [0.2, 0.25) is 0 Å². The molecule has 0 saturated heterocycles. The van der Waals surface area contributed by atoms with Crippen molar-refractivity contribution in [1.82, 2.24) is 0 Å². The van der Waals surface area contributed by atoms with Crippen LogP contribution in [0.1, 0.15) is 6.42 Å². The summed E-state index contributed by atoms with van der Waals surface area (Å²) >= 11 is 3.92. The van der Waals surface area contributed by atoms with Crippen LogP contribution in [0.25, 0.3) is 0 Å². The standard InChI is InChI=1S/C7H15NO2S/c1-8(2)4-5-10-7(9)3-6-11/h11H,3-6H2,1-2H3/p+1. The van der Waals surface area contributed by atoms with Crippen LogP contribution in [0.3, 0.4) is 0 Å². The van der Waals surface area contributed by atoms with Gasteiger partial charge in [-0.15, -0.1) is 0 Å². The fourth-order valence-corrected chi connectivity index (χ4v) is 0.715. The molecule has 0 heterocycles. The molecule has 0 amide bonds. The molecule has 0 fully saturated rings. The van der Waals surface area contributed by atoms with E-state index in [1.54, 1.807) is 0 Å². The second-order valence-electron chi connectivity index (χ2n) is 2.65. The van der Waals surface area contributed by atoms with E-state index in [4.69, 9.17) is 4.74 Å². The van der Waals surface area contributed by atoms with Crippen molar-refractivity contribution in [2.45, 2.75) is 6.42 Å². The monoisotopic (exact) mass is 178 g/mol. The topological polar surface area (TPSA) is 30.7 Å². The molecule has 0 saturated carbocycles. The third kappa shape index (κ3) is 7.68. The molecule has 0 aromatic carbocycles. The fraction of sp³-hybridized carbons (Fsp3) is 0.857. The molecule has 0 radical (unpaired) electrons. The zero-order valence-electron chi connectivity index (χ0n) is 7.09. The number of likely N-dealkylation sites (N-methyl/N-ethyl adjacent to an activating group) is 1. The van der Waals surface area contributed by atoms with Gasteiger partial charge in [0, 0.05) is 5.75 Å². The smallest absolute Gasteiger partial charge is 0.306 e. The number of nitrogens with one attached hydrogen (secondary N) is 1. The van der Waals surface area contributed by atoms with E-state index in [0.717, 1.165) is 6.54 Å². The van der Waals surface area contributed by atoms with Gasteiger partial charge in [0.15, 0.2) is 0 Å². The maximum Gasteiger partial charge on any atom is 0.306 e. The van der Waals surface area contributed by atoms with Gasteiger partial charge in [0.25, 0.3) is 0 Å². The summed E-state index contributed by atoms with van der Waals surface area (Å²) in [6.45, 7) is 1.37. The van der Waals surface area contributed by atoms with E-state index in [1.807, 2.05) is 14.1 Å². The van der Waals surface area contributed by atoms with Crippen LogP contribution in [0, 0.1) is 0 Å². The van der Waals surface area contributed by atoms with E-state index in [1.165, 1.54) is 4.90 Å². The van der Waals surface area contributed by atoms with E-state index < -0.39 is 0 Å². The van der Waals surface area contributed by atoms with E-state index in [9.17, 15) is 4.79 Å². The molecule has 0 unspecified atom stereocenters. The molecule has 0 aromatic heterocycles. The molecular weight excluding hydrogens is 162 g/mol. The lowest BCUT2D eigenvalue weighted by molar-refractivity contribution is -0.858. The molecular formula is C7H16NO2S+. The van der Waals surface area contributed by atoms with Gasteiger partial charge in [-0.1, -0.05) is 0 Å². The van der Waals surface area contributed by atoms with Gasteiger partial charge in [0.1, 0.15) is 13.2 Å². The molecule has 0 spiro atoms. The van der Waals surface area contributed by atoms with Crippen molar-refractivity contribution >= 4 is 18.6 Å². The molecule has 0 aliphatic rings. The van der Waals surface area contributed by atoms with Gasteiger partial charge >= 0.3 is 5.97 Å². The lowest BCUT2D eigenvalue weighted by Crippen LogP contribution is -3.06. The summed E-state index contributed by atoms with van der Waals surface area (Å²) in [5.74, 6) is 0.412. The number of hydrogen-bond donors (Lipinski definition) is 2. The van der Waals surface area contributed by atoms with Gasteiger partial charge in [-0.25, -0.2) is 0 Å². The summed E-state index contributed by atoms with van der Waals surface area (Å²) in [5.41, 5.74) is 0. The van der Waals surface area contributed by atoms with Gasteiger partial charge in [-0.3, -0.25) is 4.79 Å². The Kier molecular flexibility index (Phi) is 6.36. The third-order valence-electron chi connectivity index (χ3n) is 1.18. The van der Waals surface area contributed by atoms with Gasteiger partial charge in [-0.05, 0) is 0 Å². The van der Waals surface area contributed by atoms with Crippen molar-refractivity contribution in [1.29, 1.82) is 0 Å². The summed E-state index contributed by atoms with van der Waals surface area (Å²) in [5, 5.41) is 0. The maximum atomic E-state index is 10.7. The van der Waals surface area contributed by atoms with E-state index in [-0.39, 0.29) is 5.97 Å². The quantitative estimate of drug-likeness (QED) is 0.418. The number of thiol groups is 1. The van der Waals surface area contributed by atoms with E-state index in [2.05, 4.69) is 12.6 Å². The lowest BCUT2D eigenvalue weighted by atomic mass is 10.5. The zero-order chi connectivity index (χ0) is 8.69. The highest BCUT2D eigenvalue weighted by Crippen LogP contribution is 1.87. The lowest BCUT2D eigenvalue weighted by Gasteiger charge is -2.06. The van der Waals surface area contributed by atoms with Crippen LogP contribution in [0.5, 0.6) is 0 Å². The second kappa shape index (κ2) is 6.49. The van der Waals surface area contributed by atoms with Crippen molar-refractivity contribution in [2.75, 3.05) is 33.0 Å². The Morgan fingerprint density at radius 3 is 2.64 bits per heavy atom. The van der Waals surface area contributed by atoms with Crippen LogP contribution < -0.4 is 4.90 Å². The number of esters is 1. The molecule has 0 rings (SSSR count). The van der Waals surface area contributed by atoms with E-state index in [0.29, 0.717) is 18.8 Å². The van der Waals surface area contributed by atoms with Crippen LogP contribution in [-0.2, 0) is 9.53 Å². The van der Waals surface area contributed by atoms with Crippen molar-refractivity contribution in [3.05, 3.63) is 0 Å². The fourth-order valence-electron chi connectivity index (χ4n) is 0.532. The molecule has 0 aromatic rings. The zero-order valence-corrected chi connectivity index (χ0v) is 7.99. The first-order chi connectivity index (χ1) is 5.16. The van der Waals surface area contributed by atoms with Gasteiger partial charge in [-0.2, -0.15) is 12.6 Å². The first kappa shape index (κ1) is 10.8. The van der Waals surface area contributed by atoms with Crippen LogP contribution in [-0.4, -0.2) is 39.0 Å². The molecule has 66 valence electrons. The average molecular weight is 178 g/mol. The highest BCUT2D eigenvalue weighted by molar-refractivity contribution is 7.80. The Balaban J connectivity index is 3.17. The normalized spacial score (nSPS) is 10.2. The third-order valence-corrected chi connectivity index (χ3v) is 1.40. The molecule has 11 heavy (non-hydrogen) atoms. The number of quaternary nitrogens is 1. The Labute approximate surface area is 73.1 Å². The Hall–Kier alpha value is -0.220. The second-order valence-corrected chi connectivity index (χ2v) is 3.10. The summed E-state index contributed by atoms with van der Waals surface area (Å²) < 4.78 is 4.88. The van der Waals surface area contributed by atoms with Gasteiger partial charge in [0.05, 0.1) is 20.5 Å². The van der Waals surface area contributed by atoms with Crippen molar-refractivity contribution < 1.29 is 14.4 Å².